The third-order valence-corrected chi connectivity index (χ3v) is 5.36. The quantitative estimate of drug-likeness (QED) is 0.466. The number of para-hydroxylation sites is 1. The van der Waals surface area contributed by atoms with Crippen molar-refractivity contribution in [3.63, 3.8) is 0 Å². The van der Waals surface area contributed by atoms with E-state index in [0.717, 1.165) is 0 Å². The van der Waals surface area contributed by atoms with E-state index in [0.29, 0.717) is 40.4 Å². The van der Waals surface area contributed by atoms with Gasteiger partial charge in [-0.05, 0) is 30.3 Å². The zero-order valence-corrected chi connectivity index (χ0v) is 17.7. The zero-order chi connectivity index (χ0) is 22.7. The van der Waals surface area contributed by atoms with Gasteiger partial charge in [-0.15, -0.1) is 0 Å². The minimum absolute atomic E-state index is 0.0746. The van der Waals surface area contributed by atoms with E-state index in [1.165, 1.54) is 6.20 Å². The smallest absolute Gasteiger partial charge is 0.257 e. The monoisotopic (exact) mass is 453 g/mol. The largest absolute Gasteiger partial charge is 0.360 e. The van der Waals surface area contributed by atoms with Crippen LogP contribution in [0.4, 0.5) is 11.4 Å². The number of anilines is 2. The molecular weight excluding hydrogens is 434 g/mol. The van der Waals surface area contributed by atoms with E-state index in [4.69, 9.17) is 11.6 Å². The maximum Gasteiger partial charge on any atom is 0.257 e. The molecule has 1 aromatic heterocycles. The molecule has 10 heteroatoms. The second kappa shape index (κ2) is 9.11. The molecule has 1 aliphatic rings. The topological polar surface area (TPSA) is 123 Å². The molecule has 2 aromatic carbocycles. The van der Waals surface area contributed by atoms with E-state index in [-0.39, 0.29) is 24.6 Å². The van der Waals surface area contributed by atoms with E-state index in [9.17, 15) is 19.2 Å². The van der Waals surface area contributed by atoms with Gasteiger partial charge in [-0.1, -0.05) is 23.7 Å². The van der Waals surface area contributed by atoms with Crippen LogP contribution < -0.4 is 26.3 Å². The molecule has 1 saturated heterocycles. The number of amides is 3. The lowest BCUT2D eigenvalue weighted by Gasteiger charge is -2.29. The SMILES string of the molecule is O=C1CN(c2ccc(NC(=O)CNC(=O)c3c[nH]c4ccccc4c3=O)cc2Cl)CCN1. The van der Waals surface area contributed by atoms with E-state index >= 15 is 0 Å². The van der Waals surface area contributed by atoms with Crippen molar-refractivity contribution >= 4 is 51.6 Å². The standard InChI is InChI=1S/C22H20ClN5O4/c23-16-9-13(5-6-18(16)28-8-7-24-20(30)12-28)27-19(29)11-26-22(32)15-10-25-17-4-2-1-3-14(17)21(15)31/h1-6,9-10H,7-8,11-12H2,(H,24,30)(H,25,31)(H,26,32)(H,27,29). The lowest BCUT2D eigenvalue weighted by Crippen LogP contribution is -2.47. The van der Waals surface area contributed by atoms with Gasteiger partial charge in [0.05, 0.1) is 23.8 Å². The number of nitrogens with one attached hydrogen (secondary N) is 4. The Balaban J connectivity index is 1.37. The van der Waals surface area contributed by atoms with Crippen molar-refractivity contribution in [3.05, 3.63) is 69.5 Å². The van der Waals surface area contributed by atoms with Gasteiger partial charge in [0.1, 0.15) is 5.56 Å². The number of nitrogens with zero attached hydrogens (tertiary/aromatic N) is 1. The number of aromatic nitrogens is 1. The summed E-state index contributed by atoms with van der Waals surface area (Å²) in [6, 6.07) is 11.8. The highest BCUT2D eigenvalue weighted by Gasteiger charge is 2.19. The number of hydrogen-bond donors (Lipinski definition) is 4. The molecule has 32 heavy (non-hydrogen) atoms. The molecule has 3 amide bonds. The van der Waals surface area contributed by atoms with E-state index in [1.54, 1.807) is 42.5 Å². The molecule has 1 fully saturated rings. The third kappa shape index (κ3) is 4.57. The van der Waals surface area contributed by atoms with Crippen molar-refractivity contribution in [2.45, 2.75) is 0 Å². The van der Waals surface area contributed by atoms with Gasteiger partial charge in [0.2, 0.25) is 17.2 Å². The first-order valence-electron chi connectivity index (χ1n) is 9.92. The van der Waals surface area contributed by atoms with Crippen molar-refractivity contribution in [2.24, 2.45) is 0 Å². The van der Waals surface area contributed by atoms with Gasteiger partial charge in [-0.3, -0.25) is 19.2 Å². The average molecular weight is 454 g/mol. The summed E-state index contributed by atoms with van der Waals surface area (Å²) in [6.45, 7) is 1.06. The lowest BCUT2D eigenvalue weighted by atomic mass is 10.1. The van der Waals surface area contributed by atoms with Gasteiger partial charge >= 0.3 is 0 Å². The summed E-state index contributed by atoms with van der Waals surface area (Å²) < 4.78 is 0. The first-order valence-corrected chi connectivity index (χ1v) is 10.3. The molecule has 0 unspecified atom stereocenters. The number of halogens is 1. The van der Waals surface area contributed by atoms with Crippen LogP contribution in [0, 0.1) is 0 Å². The van der Waals surface area contributed by atoms with Crippen LogP contribution >= 0.6 is 11.6 Å². The van der Waals surface area contributed by atoms with Gasteiger partial charge in [-0.25, -0.2) is 0 Å². The lowest BCUT2D eigenvalue weighted by molar-refractivity contribution is -0.120. The Hall–Kier alpha value is -3.85. The Morgan fingerprint density at radius 1 is 1.12 bits per heavy atom. The fraction of sp³-hybridized carbons (Fsp3) is 0.182. The van der Waals surface area contributed by atoms with Crippen molar-refractivity contribution in [1.29, 1.82) is 0 Å². The first kappa shape index (κ1) is 21.4. The maximum absolute atomic E-state index is 12.5. The third-order valence-electron chi connectivity index (χ3n) is 5.05. The average Bonchev–Trinajstić information content (AvgIpc) is 2.78. The Kier molecular flexibility index (Phi) is 6.09. The molecule has 0 aliphatic carbocycles. The van der Waals surface area contributed by atoms with Crippen LogP contribution in [0.3, 0.4) is 0 Å². The fourth-order valence-corrected chi connectivity index (χ4v) is 3.78. The minimum Gasteiger partial charge on any atom is -0.360 e. The summed E-state index contributed by atoms with van der Waals surface area (Å²) in [5.74, 6) is -1.20. The van der Waals surface area contributed by atoms with Crippen LogP contribution in [0.2, 0.25) is 5.02 Å². The molecule has 0 bridgehead atoms. The number of carbonyl (C=O) groups excluding carboxylic acids is 3. The molecule has 4 N–H and O–H groups in total. The second-order valence-electron chi connectivity index (χ2n) is 7.25. The van der Waals surface area contributed by atoms with Crippen molar-refractivity contribution in [3.8, 4) is 0 Å². The fourth-order valence-electron chi connectivity index (χ4n) is 3.48. The van der Waals surface area contributed by atoms with Crippen molar-refractivity contribution in [2.75, 3.05) is 36.4 Å². The predicted molar refractivity (Wildman–Crippen MR) is 122 cm³/mol. The minimum atomic E-state index is -0.649. The Morgan fingerprint density at radius 2 is 1.94 bits per heavy atom. The van der Waals surface area contributed by atoms with Crippen LogP contribution in [-0.4, -0.2) is 48.9 Å². The number of rotatable bonds is 5. The molecule has 2 heterocycles. The van der Waals surface area contributed by atoms with Gasteiger partial charge in [-0.2, -0.15) is 0 Å². The zero-order valence-electron chi connectivity index (χ0n) is 16.9. The molecule has 3 aromatic rings. The maximum atomic E-state index is 12.5. The second-order valence-corrected chi connectivity index (χ2v) is 7.65. The van der Waals surface area contributed by atoms with E-state index in [1.807, 2.05) is 4.90 Å². The summed E-state index contributed by atoms with van der Waals surface area (Å²) in [5.41, 5.74) is 1.28. The molecule has 9 nitrogen and oxygen atoms in total. The molecule has 0 spiro atoms. The summed E-state index contributed by atoms with van der Waals surface area (Å²) in [4.78, 5) is 53.5. The number of fused-ring (bicyclic) bond motifs is 1. The highest BCUT2D eigenvalue weighted by Crippen LogP contribution is 2.29. The summed E-state index contributed by atoms with van der Waals surface area (Å²) in [6.07, 6.45) is 1.33. The Labute approximate surface area is 187 Å². The summed E-state index contributed by atoms with van der Waals surface area (Å²) in [7, 11) is 0. The van der Waals surface area contributed by atoms with E-state index in [2.05, 4.69) is 20.9 Å². The van der Waals surface area contributed by atoms with Gasteiger partial charge in [0, 0.05) is 35.9 Å². The predicted octanol–water partition coefficient (Wildman–Crippen LogP) is 1.49. The highest BCUT2D eigenvalue weighted by atomic mass is 35.5. The molecular formula is C22H20ClN5O4. The van der Waals surface area contributed by atoms with Gasteiger partial charge < -0.3 is 25.8 Å². The molecule has 1 aliphatic heterocycles. The van der Waals surface area contributed by atoms with Gasteiger partial charge in [0.25, 0.3) is 5.91 Å². The van der Waals surface area contributed by atoms with Crippen molar-refractivity contribution in [1.82, 2.24) is 15.6 Å². The molecule has 4 rings (SSSR count). The number of carbonyl (C=O) groups is 3. The van der Waals surface area contributed by atoms with Crippen LogP contribution in [0.5, 0.6) is 0 Å². The summed E-state index contributed by atoms with van der Waals surface area (Å²) in [5, 5.41) is 8.64. The highest BCUT2D eigenvalue weighted by molar-refractivity contribution is 6.33. The van der Waals surface area contributed by atoms with Crippen LogP contribution in [0.1, 0.15) is 10.4 Å². The molecule has 0 atom stereocenters. The number of aromatic amines is 1. The van der Waals surface area contributed by atoms with Crippen LogP contribution in [-0.2, 0) is 9.59 Å². The number of pyridine rings is 1. The first-order chi connectivity index (χ1) is 15.4. The van der Waals surface area contributed by atoms with Gasteiger partial charge in [0.15, 0.2) is 0 Å². The number of hydrogen-bond acceptors (Lipinski definition) is 5. The van der Waals surface area contributed by atoms with Crippen molar-refractivity contribution < 1.29 is 14.4 Å². The number of H-pyrrole nitrogens is 1. The number of benzene rings is 2. The molecule has 0 saturated carbocycles. The Morgan fingerprint density at radius 3 is 2.72 bits per heavy atom. The Bertz CT molecular complexity index is 1270. The van der Waals surface area contributed by atoms with Crippen LogP contribution in [0.15, 0.2) is 53.5 Å². The normalized spacial score (nSPS) is 13.5. The summed E-state index contributed by atoms with van der Waals surface area (Å²) >= 11 is 6.33. The van der Waals surface area contributed by atoms with E-state index < -0.39 is 17.2 Å². The molecule has 0 radical (unpaired) electrons. The number of piperazine rings is 1. The van der Waals surface area contributed by atoms with Crippen LogP contribution in [0.25, 0.3) is 10.9 Å². The molecule has 164 valence electrons.